The predicted octanol–water partition coefficient (Wildman–Crippen LogP) is 3.42. The highest BCUT2D eigenvalue weighted by Crippen LogP contribution is 2.66. The van der Waals surface area contributed by atoms with Gasteiger partial charge in [0.2, 0.25) is 5.91 Å². The highest BCUT2D eigenvalue weighted by atomic mass is 35.5. The number of thioether (sulfide) groups is 1. The molecule has 1 aromatic heterocycles. The van der Waals surface area contributed by atoms with Crippen molar-refractivity contribution in [2.45, 2.75) is 16.2 Å². The summed E-state index contributed by atoms with van der Waals surface area (Å²) in [5, 5.41) is 0.517. The molecule has 2 aromatic rings. The average molecular weight is 485 g/mol. The van der Waals surface area contributed by atoms with E-state index in [4.69, 9.17) is 23.8 Å². The lowest BCUT2D eigenvalue weighted by atomic mass is 9.72. The highest BCUT2D eigenvalue weighted by molar-refractivity contribution is 8.25. The zero-order valence-electron chi connectivity index (χ0n) is 17.6. The van der Waals surface area contributed by atoms with Crippen LogP contribution in [0.25, 0.3) is 0 Å². The van der Waals surface area contributed by atoms with E-state index in [9.17, 15) is 9.59 Å². The maximum atomic E-state index is 14.3. The van der Waals surface area contributed by atoms with Crippen LogP contribution in [-0.2, 0) is 15.1 Å². The molecule has 1 aromatic carbocycles. The number of hydrogen-bond donors (Lipinski definition) is 0. The van der Waals surface area contributed by atoms with Crippen molar-refractivity contribution in [2.75, 3.05) is 32.1 Å². The van der Waals surface area contributed by atoms with Gasteiger partial charge in [-0.1, -0.05) is 41.7 Å². The molecular weight excluding hydrogens is 464 g/mol. The monoisotopic (exact) mass is 484 g/mol. The summed E-state index contributed by atoms with van der Waals surface area (Å²) in [6, 6.07) is 9.25. The maximum Gasteiger partial charge on any atom is 0.254 e. The van der Waals surface area contributed by atoms with E-state index in [-0.39, 0.29) is 17.7 Å². The minimum Gasteiger partial charge on any atom is -0.313 e. The Bertz CT molecular complexity index is 1180. The Morgan fingerprint density at radius 1 is 1.25 bits per heavy atom. The Labute approximate surface area is 201 Å². The third-order valence-electron chi connectivity index (χ3n) is 6.83. The number of likely N-dealkylation sites (N-methyl/N-ethyl adjacent to an activating group) is 2. The third kappa shape index (κ3) is 2.46. The second-order valence-electron chi connectivity index (χ2n) is 8.26. The number of fused-ring (bicyclic) bond motifs is 3. The van der Waals surface area contributed by atoms with Gasteiger partial charge in [-0.15, -0.1) is 6.58 Å². The quantitative estimate of drug-likeness (QED) is 0.491. The number of benzene rings is 1. The highest BCUT2D eigenvalue weighted by Gasteiger charge is 2.78. The summed E-state index contributed by atoms with van der Waals surface area (Å²) in [5.74, 6) is -0.617. The lowest BCUT2D eigenvalue weighted by Crippen LogP contribution is -2.62. The van der Waals surface area contributed by atoms with Crippen LogP contribution in [0.3, 0.4) is 0 Å². The molecule has 2 fully saturated rings. The normalized spacial score (nSPS) is 29.6. The van der Waals surface area contributed by atoms with E-state index in [2.05, 4.69) is 11.6 Å². The summed E-state index contributed by atoms with van der Waals surface area (Å²) >= 11 is 13.4. The number of carbonyl (C=O) groups is 2. The molecule has 0 bridgehead atoms. The van der Waals surface area contributed by atoms with Crippen molar-refractivity contribution in [1.29, 1.82) is 0 Å². The zero-order valence-corrected chi connectivity index (χ0v) is 20.0. The van der Waals surface area contributed by atoms with Crippen LogP contribution in [0.5, 0.6) is 0 Å². The Kier molecular flexibility index (Phi) is 4.98. The maximum absolute atomic E-state index is 14.3. The van der Waals surface area contributed by atoms with Gasteiger partial charge in [0.25, 0.3) is 5.91 Å². The number of halogens is 1. The van der Waals surface area contributed by atoms with Crippen molar-refractivity contribution in [3.63, 3.8) is 0 Å². The van der Waals surface area contributed by atoms with Gasteiger partial charge < -0.3 is 4.90 Å². The molecule has 3 aliphatic rings. The van der Waals surface area contributed by atoms with E-state index in [0.29, 0.717) is 22.4 Å². The van der Waals surface area contributed by atoms with E-state index in [1.165, 1.54) is 11.8 Å². The molecule has 0 aliphatic carbocycles. The number of carbonyl (C=O) groups excluding carboxylic acids is 2. The molecule has 0 radical (unpaired) electrons. The van der Waals surface area contributed by atoms with Crippen LogP contribution in [0.4, 0.5) is 5.69 Å². The van der Waals surface area contributed by atoms with Crippen LogP contribution in [0.15, 0.2) is 55.4 Å². The lowest BCUT2D eigenvalue weighted by molar-refractivity contribution is -0.138. The van der Waals surface area contributed by atoms with Crippen LogP contribution in [0, 0.1) is 0 Å². The van der Waals surface area contributed by atoms with E-state index in [0.717, 1.165) is 16.8 Å². The summed E-state index contributed by atoms with van der Waals surface area (Å²) < 4.78 is -0.737. The van der Waals surface area contributed by atoms with Gasteiger partial charge in [0.15, 0.2) is 5.54 Å². The molecule has 2 spiro atoms. The molecule has 3 aliphatic heterocycles. The number of hydrogen-bond acceptors (Lipinski definition) is 6. The van der Waals surface area contributed by atoms with Gasteiger partial charge in [0.1, 0.15) is 9.07 Å². The van der Waals surface area contributed by atoms with Gasteiger partial charge in [-0.25, -0.2) is 0 Å². The first-order valence-corrected chi connectivity index (χ1v) is 11.8. The fourth-order valence-corrected chi connectivity index (χ4v) is 7.87. The van der Waals surface area contributed by atoms with E-state index < -0.39 is 10.3 Å². The molecule has 9 heteroatoms. The number of likely N-dealkylation sites (tertiary alicyclic amines) is 1. The molecule has 4 heterocycles. The van der Waals surface area contributed by atoms with Gasteiger partial charge in [-0.3, -0.25) is 24.4 Å². The predicted molar refractivity (Wildman–Crippen MR) is 131 cm³/mol. The van der Waals surface area contributed by atoms with Crippen LogP contribution in [0.1, 0.15) is 17.0 Å². The number of anilines is 1. The number of pyridine rings is 1. The minimum absolute atomic E-state index is 0.155. The van der Waals surface area contributed by atoms with Crippen molar-refractivity contribution >= 4 is 57.4 Å². The van der Waals surface area contributed by atoms with Gasteiger partial charge in [-0.2, -0.15) is 0 Å². The summed E-state index contributed by atoms with van der Waals surface area (Å²) in [5.41, 5.74) is 1.18. The fourth-order valence-electron chi connectivity index (χ4n) is 5.55. The third-order valence-corrected chi connectivity index (χ3v) is 9.01. The molecule has 5 rings (SSSR count). The van der Waals surface area contributed by atoms with Gasteiger partial charge >= 0.3 is 0 Å². The van der Waals surface area contributed by atoms with Crippen LogP contribution < -0.4 is 4.90 Å². The van der Waals surface area contributed by atoms with Gasteiger partial charge in [-0.05, 0) is 42.9 Å². The van der Waals surface area contributed by atoms with Crippen molar-refractivity contribution < 1.29 is 9.59 Å². The van der Waals surface area contributed by atoms with Crippen LogP contribution in [0.2, 0.25) is 5.02 Å². The van der Waals surface area contributed by atoms with E-state index >= 15 is 0 Å². The van der Waals surface area contributed by atoms with Crippen molar-refractivity contribution in [3.8, 4) is 0 Å². The first-order valence-electron chi connectivity index (χ1n) is 10.2. The summed E-state index contributed by atoms with van der Waals surface area (Å²) in [6.45, 7) is 4.58. The van der Waals surface area contributed by atoms with Crippen molar-refractivity contribution in [3.05, 3.63) is 71.5 Å². The smallest absolute Gasteiger partial charge is 0.254 e. The number of aromatic nitrogens is 1. The Balaban J connectivity index is 1.85. The molecule has 0 N–H and O–H groups in total. The molecular formula is C23H21ClN4O2S2. The SMILES string of the molecule is C=CCN1C(=O)C2(SC1=S)C(c1ccncc1)CN(C)C21C(=O)N(C)c2ccc(Cl)cc21. The molecule has 32 heavy (non-hydrogen) atoms. The minimum atomic E-state index is -1.25. The lowest BCUT2D eigenvalue weighted by Gasteiger charge is -2.42. The zero-order chi connectivity index (χ0) is 22.8. The second-order valence-corrected chi connectivity index (χ2v) is 10.6. The molecule has 3 unspecified atom stereocenters. The Hall–Kier alpha value is -2.26. The number of amides is 2. The largest absolute Gasteiger partial charge is 0.313 e. The Morgan fingerprint density at radius 3 is 2.66 bits per heavy atom. The number of thiocarbonyl (C=S) groups is 1. The van der Waals surface area contributed by atoms with Crippen LogP contribution >= 0.6 is 35.6 Å². The second kappa shape index (κ2) is 7.38. The standard InChI is InChI=1S/C23H21ClN4O2S2/c1-4-11-28-20(30)23(32-21(28)31)17(14-7-9-25-10-8-14)13-26(2)22(23)16-12-15(24)5-6-18(16)27(3)19(22)29/h4-10,12,17H,1,11,13H2,2-3H3. The fraction of sp³-hybridized carbons (Fsp3) is 0.304. The number of nitrogens with zero attached hydrogens (tertiary/aromatic N) is 4. The first-order chi connectivity index (χ1) is 15.3. The van der Waals surface area contributed by atoms with E-state index in [1.54, 1.807) is 41.4 Å². The molecule has 2 saturated heterocycles. The molecule has 164 valence electrons. The Morgan fingerprint density at radius 2 is 1.97 bits per heavy atom. The van der Waals surface area contributed by atoms with Crippen molar-refractivity contribution in [1.82, 2.24) is 14.8 Å². The number of rotatable bonds is 3. The summed E-state index contributed by atoms with van der Waals surface area (Å²) in [6.07, 6.45) is 5.08. The molecule has 2 amide bonds. The topological polar surface area (TPSA) is 56.8 Å². The average Bonchev–Trinajstić information content (AvgIpc) is 3.28. The summed E-state index contributed by atoms with van der Waals surface area (Å²) in [4.78, 5) is 37.8. The summed E-state index contributed by atoms with van der Waals surface area (Å²) in [7, 11) is 3.65. The van der Waals surface area contributed by atoms with Gasteiger partial charge in [0, 0.05) is 54.7 Å². The molecule has 3 atom stereocenters. The van der Waals surface area contributed by atoms with Gasteiger partial charge in [0.05, 0.1) is 0 Å². The first kappa shape index (κ1) is 21.6. The van der Waals surface area contributed by atoms with Crippen LogP contribution in [-0.4, -0.2) is 62.9 Å². The van der Waals surface area contributed by atoms with E-state index in [1.807, 2.05) is 36.2 Å². The molecule has 0 saturated carbocycles. The van der Waals surface area contributed by atoms with Crippen molar-refractivity contribution in [2.24, 2.45) is 0 Å². The molecule has 6 nitrogen and oxygen atoms in total.